The fourth-order valence-corrected chi connectivity index (χ4v) is 2.51. The lowest BCUT2D eigenvalue weighted by atomic mass is 10.2. The number of hydrogen-bond donors (Lipinski definition) is 1. The van der Waals surface area contributed by atoms with Crippen molar-refractivity contribution in [1.82, 2.24) is 0 Å². The highest BCUT2D eigenvalue weighted by Crippen LogP contribution is 2.18. The molecule has 4 heteroatoms. The normalized spacial score (nSPS) is 10.2. The van der Waals surface area contributed by atoms with Gasteiger partial charge in [0.2, 0.25) is 0 Å². The molecule has 1 heterocycles. The number of anilines is 1. The summed E-state index contributed by atoms with van der Waals surface area (Å²) in [7, 11) is 0. The molecule has 0 spiro atoms. The number of carbonyl (C=O) groups excluding carboxylic acids is 1. The number of alkyl halides is 1. The third-order valence-corrected chi connectivity index (χ3v) is 3.73. The fraction of sp³-hybridized carbons (Fsp3) is 0.154. The molecule has 17 heavy (non-hydrogen) atoms. The molecule has 2 nitrogen and oxygen atoms in total. The topological polar surface area (TPSA) is 29.1 Å². The second-order valence-corrected chi connectivity index (χ2v) is 4.90. The van der Waals surface area contributed by atoms with Crippen molar-refractivity contribution in [3.05, 3.63) is 51.7 Å². The van der Waals surface area contributed by atoms with Gasteiger partial charge in [0.25, 0.3) is 5.91 Å². The number of hydrogen-bond acceptors (Lipinski definition) is 2. The van der Waals surface area contributed by atoms with E-state index in [4.69, 9.17) is 11.6 Å². The van der Waals surface area contributed by atoms with Gasteiger partial charge in [-0.3, -0.25) is 4.79 Å². The first kappa shape index (κ1) is 12.1. The Labute approximate surface area is 109 Å². The average molecular weight is 266 g/mol. The van der Waals surface area contributed by atoms with Gasteiger partial charge in [-0.15, -0.1) is 22.9 Å². The Bertz CT molecular complexity index is 536. The van der Waals surface area contributed by atoms with Crippen molar-refractivity contribution >= 4 is 34.5 Å². The lowest BCUT2D eigenvalue weighted by Gasteiger charge is -2.05. The summed E-state index contributed by atoms with van der Waals surface area (Å²) < 4.78 is 0. The molecule has 0 radical (unpaired) electrons. The summed E-state index contributed by atoms with van der Waals surface area (Å²) >= 11 is 7.20. The number of carbonyl (C=O) groups is 1. The van der Waals surface area contributed by atoms with E-state index in [2.05, 4.69) is 5.32 Å². The molecule has 2 aromatic rings. The molecule has 1 amide bonds. The first-order valence-electron chi connectivity index (χ1n) is 5.21. The van der Waals surface area contributed by atoms with Gasteiger partial charge in [0, 0.05) is 11.6 Å². The van der Waals surface area contributed by atoms with E-state index >= 15 is 0 Å². The van der Waals surface area contributed by atoms with Crippen LogP contribution in [-0.4, -0.2) is 5.91 Å². The Morgan fingerprint density at radius 2 is 2.24 bits per heavy atom. The maximum atomic E-state index is 12.0. The maximum absolute atomic E-state index is 12.0. The Morgan fingerprint density at radius 1 is 1.41 bits per heavy atom. The predicted molar refractivity (Wildman–Crippen MR) is 73.0 cm³/mol. The molecule has 0 saturated heterocycles. The van der Waals surface area contributed by atoms with Crippen LogP contribution in [0.5, 0.6) is 0 Å². The van der Waals surface area contributed by atoms with Crippen molar-refractivity contribution in [2.45, 2.75) is 12.8 Å². The smallest absolute Gasteiger partial charge is 0.265 e. The second-order valence-electron chi connectivity index (χ2n) is 3.72. The van der Waals surface area contributed by atoms with Gasteiger partial charge in [0.05, 0.1) is 4.88 Å². The van der Waals surface area contributed by atoms with Gasteiger partial charge in [0.15, 0.2) is 0 Å². The molecule has 0 bridgehead atoms. The molecule has 1 N–H and O–H groups in total. The maximum Gasteiger partial charge on any atom is 0.265 e. The highest BCUT2D eigenvalue weighted by molar-refractivity contribution is 7.12. The number of thiophene rings is 1. The number of halogens is 1. The van der Waals surface area contributed by atoms with E-state index in [-0.39, 0.29) is 5.91 Å². The van der Waals surface area contributed by atoms with E-state index in [0.717, 1.165) is 21.7 Å². The van der Waals surface area contributed by atoms with Crippen LogP contribution in [0.4, 0.5) is 5.69 Å². The van der Waals surface area contributed by atoms with Gasteiger partial charge in [-0.25, -0.2) is 0 Å². The Morgan fingerprint density at radius 3 is 2.88 bits per heavy atom. The number of nitrogens with one attached hydrogen (secondary N) is 1. The molecule has 0 saturated carbocycles. The third kappa shape index (κ3) is 2.87. The zero-order valence-electron chi connectivity index (χ0n) is 9.37. The molecule has 2 rings (SSSR count). The SMILES string of the molecule is Cc1ccsc1C(=O)Nc1cccc(CCl)c1. The van der Waals surface area contributed by atoms with Crippen LogP contribution in [-0.2, 0) is 5.88 Å². The average Bonchev–Trinajstić information content (AvgIpc) is 2.76. The zero-order valence-corrected chi connectivity index (χ0v) is 10.9. The van der Waals surface area contributed by atoms with Gasteiger partial charge in [-0.1, -0.05) is 12.1 Å². The van der Waals surface area contributed by atoms with E-state index < -0.39 is 0 Å². The minimum Gasteiger partial charge on any atom is -0.321 e. The molecule has 88 valence electrons. The van der Waals surface area contributed by atoms with Crippen LogP contribution in [0.3, 0.4) is 0 Å². The highest BCUT2D eigenvalue weighted by atomic mass is 35.5. The highest BCUT2D eigenvalue weighted by Gasteiger charge is 2.10. The van der Waals surface area contributed by atoms with Crippen molar-refractivity contribution in [2.75, 3.05) is 5.32 Å². The molecule has 0 aliphatic heterocycles. The number of benzene rings is 1. The van der Waals surface area contributed by atoms with Gasteiger partial charge in [0.1, 0.15) is 0 Å². The third-order valence-electron chi connectivity index (χ3n) is 2.41. The number of aryl methyl sites for hydroxylation is 1. The first-order valence-corrected chi connectivity index (χ1v) is 6.62. The molecule has 1 aromatic heterocycles. The molecule has 0 aliphatic rings. The van der Waals surface area contributed by atoms with Crippen LogP contribution < -0.4 is 5.32 Å². The van der Waals surface area contributed by atoms with Crippen LogP contribution in [0.2, 0.25) is 0 Å². The van der Waals surface area contributed by atoms with Crippen LogP contribution >= 0.6 is 22.9 Å². The molecule has 0 unspecified atom stereocenters. The van der Waals surface area contributed by atoms with Gasteiger partial charge in [-0.05, 0) is 41.6 Å². The minimum atomic E-state index is -0.0655. The monoisotopic (exact) mass is 265 g/mol. The van der Waals surface area contributed by atoms with E-state index in [9.17, 15) is 4.79 Å². The summed E-state index contributed by atoms with van der Waals surface area (Å²) in [6.07, 6.45) is 0. The summed E-state index contributed by atoms with van der Waals surface area (Å²) in [5, 5.41) is 4.79. The van der Waals surface area contributed by atoms with Gasteiger partial charge < -0.3 is 5.32 Å². The summed E-state index contributed by atoms with van der Waals surface area (Å²) in [4.78, 5) is 12.7. The Hall–Kier alpha value is -1.32. The van der Waals surface area contributed by atoms with Crippen molar-refractivity contribution in [3.63, 3.8) is 0 Å². The zero-order chi connectivity index (χ0) is 12.3. The van der Waals surface area contributed by atoms with Crippen LogP contribution in [0.25, 0.3) is 0 Å². The predicted octanol–water partition coefficient (Wildman–Crippen LogP) is 4.05. The molecule has 1 aromatic carbocycles. The van der Waals surface area contributed by atoms with E-state index in [1.165, 1.54) is 11.3 Å². The minimum absolute atomic E-state index is 0.0655. The van der Waals surface area contributed by atoms with E-state index in [1.54, 1.807) is 0 Å². The summed E-state index contributed by atoms with van der Waals surface area (Å²) in [6, 6.07) is 9.49. The summed E-state index contributed by atoms with van der Waals surface area (Å²) in [5.41, 5.74) is 2.77. The molecular weight excluding hydrogens is 254 g/mol. The molecule has 0 aliphatic carbocycles. The van der Waals surface area contributed by atoms with E-state index in [1.807, 2.05) is 42.6 Å². The number of rotatable bonds is 3. The van der Waals surface area contributed by atoms with Crippen LogP contribution in [0, 0.1) is 6.92 Å². The Kier molecular flexibility index (Phi) is 3.82. The Balaban J connectivity index is 2.16. The van der Waals surface area contributed by atoms with Gasteiger partial charge in [-0.2, -0.15) is 0 Å². The standard InChI is InChI=1S/C13H12ClNOS/c1-9-5-6-17-12(9)13(16)15-11-4-2-3-10(7-11)8-14/h2-7H,8H2,1H3,(H,15,16). The second kappa shape index (κ2) is 5.34. The fourth-order valence-electron chi connectivity index (χ4n) is 1.53. The number of amides is 1. The quantitative estimate of drug-likeness (QED) is 0.834. The summed E-state index contributed by atoms with van der Waals surface area (Å²) in [6.45, 7) is 1.93. The van der Waals surface area contributed by atoms with Crippen LogP contribution in [0.15, 0.2) is 35.7 Å². The lowest BCUT2D eigenvalue weighted by molar-refractivity contribution is 0.103. The summed E-state index contributed by atoms with van der Waals surface area (Å²) in [5.74, 6) is 0.381. The lowest BCUT2D eigenvalue weighted by Crippen LogP contribution is -2.11. The molecular formula is C13H12ClNOS. The molecule has 0 fully saturated rings. The molecule has 0 atom stereocenters. The van der Waals surface area contributed by atoms with Crippen molar-refractivity contribution in [2.24, 2.45) is 0 Å². The van der Waals surface area contributed by atoms with Gasteiger partial charge >= 0.3 is 0 Å². The van der Waals surface area contributed by atoms with Crippen molar-refractivity contribution in [1.29, 1.82) is 0 Å². The largest absolute Gasteiger partial charge is 0.321 e. The van der Waals surface area contributed by atoms with Crippen LogP contribution in [0.1, 0.15) is 20.8 Å². The van der Waals surface area contributed by atoms with Crippen molar-refractivity contribution in [3.8, 4) is 0 Å². The first-order chi connectivity index (χ1) is 8.20. The van der Waals surface area contributed by atoms with E-state index in [0.29, 0.717) is 5.88 Å². The van der Waals surface area contributed by atoms with Crippen molar-refractivity contribution < 1.29 is 4.79 Å².